The molecule has 1 aliphatic heterocycles. The van der Waals surface area contributed by atoms with Gasteiger partial charge in [-0.1, -0.05) is 0 Å². The number of nitrogens with one attached hydrogen (secondary N) is 1. The SMILES string of the molecule is COc1ccc(NC(=O)C2CCOCC2)cc1OC. The van der Waals surface area contributed by atoms with E-state index in [1.54, 1.807) is 32.4 Å². The second-order valence-electron chi connectivity index (χ2n) is 4.45. The molecule has 0 saturated carbocycles. The number of anilines is 1. The molecule has 1 aromatic carbocycles. The highest BCUT2D eigenvalue weighted by atomic mass is 16.5. The lowest BCUT2D eigenvalue weighted by atomic mass is 9.99. The number of rotatable bonds is 4. The fourth-order valence-electron chi connectivity index (χ4n) is 2.12. The Morgan fingerprint density at radius 1 is 1.21 bits per heavy atom. The number of methoxy groups -OCH3 is 2. The number of benzene rings is 1. The molecule has 1 saturated heterocycles. The van der Waals surface area contributed by atoms with Crippen molar-refractivity contribution in [2.45, 2.75) is 12.8 Å². The standard InChI is InChI=1S/C14H19NO4/c1-17-12-4-3-11(9-13(12)18-2)15-14(16)10-5-7-19-8-6-10/h3-4,9-10H,5-8H2,1-2H3,(H,15,16). The van der Waals surface area contributed by atoms with E-state index >= 15 is 0 Å². The van der Waals surface area contributed by atoms with Crippen LogP contribution < -0.4 is 14.8 Å². The van der Waals surface area contributed by atoms with Crippen molar-refractivity contribution in [3.8, 4) is 11.5 Å². The van der Waals surface area contributed by atoms with Gasteiger partial charge in [-0.3, -0.25) is 4.79 Å². The van der Waals surface area contributed by atoms with E-state index in [-0.39, 0.29) is 11.8 Å². The van der Waals surface area contributed by atoms with E-state index in [0.717, 1.165) is 12.8 Å². The van der Waals surface area contributed by atoms with Crippen LogP contribution in [0.1, 0.15) is 12.8 Å². The molecule has 104 valence electrons. The zero-order valence-electron chi connectivity index (χ0n) is 11.3. The van der Waals surface area contributed by atoms with Gasteiger partial charge in [0, 0.05) is 30.9 Å². The Balaban J connectivity index is 2.03. The third-order valence-corrected chi connectivity index (χ3v) is 3.24. The first kappa shape index (κ1) is 13.7. The smallest absolute Gasteiger partial charge is 0.227 e. The van der Waals surface area contributed by atoms with E-state index in [9.17, 15) is 4.79 Å². The van der Waals surface area contributed by atoms with Crippen LogP contribution in [0.25, 0.3) is 0 Å². The monoisotopic (exact) mass is 265 g/mol. The lowest BCUT2D eigenvalue weighted by Crippen LogP contribution is -2.28. The highest BCUT2D eigenvalue weighted by molar-refractivity contribution is 5.92. The molecule has 5 nitrogen and oxygen atoms in total. The molecular weight excluding hydrogens is 246 g/mol. The Morgan fingerprint density at radius 2 is 1.89 bits per heavy atom. The van der Waals surface area contributed by atoms with E-state index in [1.807, 2.05) is 0 Å². The van der Waals surface area contributed by atoms with Crippen molar-refractivity contribution in [2.24, 2.45) is 5.92 Å². The number of carbonyl (C=O) groups is 1. The van der Waals surface area contributed by atoms with Crippen molar-refractivity contribution >= 4 is 11.6 Å². The maximum atomic E-state index is 12.1. The van der Waals surface area contributed by atoms with Crippen molar-refractivity contribution in [3.63, 3.8) is 0 Å². The number of carbonyl (C=O) groups excluding carboxylic acids is 1. The Labute approximate surface area is 112 Å². The number of hydrogen-bond acceptors (Lipinski definition) is 4. The zero-order chi connectivity index (χ0) is 13.7. The first-order valence-corrected chi connectivity index (χ1v) is 6.35. The van der Waals surface area contributed by atoms with E-state index in [0.29, 0.717) is 30.4 Å². The average Bonchev–Trinajstić information content (AvgIpc) is 2.48. The lowest BCUT2D eigenvalue weighted by Gasteiger charge is -2.21. The predicted octanol–water partition coefficient (Wildman–Crippen LogP) is 2.07. The summed E-state index contributed by atoms with van der Waals surface area (Å²) in [5, 5.41) is 2.91. The van der Waals surface area contributed by atoms with Crippen molar-refractivity contribution in [3.05, 3.63) is 18.2 Å². The van der Waals surface area contributed by atoms with Crippen LogP contribution in [0.4, 0.5) is 5.69 Å². The highest BCUT2D eigenvalue weighted by Crippen LogP contribution is 2.30. The largest absolute Gasteiger partial charge is 0.493 e. The fourth-order valence-corrected chi connectivity index (χ4v) is 2.12. The highest BCUT2D eigenvalue weighted by Gasteiger charge is 2.21. The van der Waals surface area contributed by atoms with Crippen LogP contribution in [0.3, 0.4) is 0 Å². The van der Waals surface area contributed by atoms with Gasteiger partial charge in [0.05, 0.1) is 14.2 Å². The summed E-state index contributed by atoms with van der Waals surface area (Å²) in [6, 6.07) is 5.34. The van der Waals surface area contributed by atoms with Crippen LogP contribution in [-0.4, -0.2) is 33.3 Å². The van der Waals surface area contributed by atoms with Crippen molar-refractivity contribution in [1.82, 2.24) is 0 Å². The predicted molar refractivity (Wildman–Crippen MR) is 71.7 cm³/mol. The maximum Gasteiger partial charge on any atom is 0.227 e. The van der Waals surface area contributed by atoms with Gasteiger partial charge < -0.3 is 19.5 Å². The van der Waals surface area contributed by atoms with Gasteiger partial charge in [-0.15, -0.1) is 0 Å². The van der Waals surface area contributed by atoms with Gasteiger partial charge in [-0.2, -0.15) is 0 Å². The average molecular weight is 265 g/mol. The summed E-state index contributed by atoms with van der Waals surface area (Å²) in [6.07, 6.45) is 1.55. The van der Waals surface area contributed by atoms with Gasteiger partial charge in [0.15, 0.2) is 11.5 Å². The van der Waals surface area contributed by atoms with Gasteiger partial charge in [0.1, 0.15) is 0 Å². The van der Waals surface area contributed by atoms with Crippen LogP contribution in [0, 0.1) is 5.92 Å². The van der Waals surface area contributed by atoms with Gasteiger partial charge in [-0.25, -0.2) is 0 Å². The number of hydrogen-bond donors (Lipinski definition) is 1. The molecule has 1 N–H and O–H groups in total. The van der Waals surface area contributed by atoms with E-state index < -0.39 is 0 Å². The van der Waals surface area contributed by atoms with Gasteiger partial charge >= 0.3 is 0 Å². The first-order chi connectivity index (χ1) is 9.24. The van der Waals surface area contributed by atoms with Crippen LogP contribution in [0.5, 0.6) is 11.5 Å². The molecule has 1 aromatic rings. The fraction of sp³-hybridized carbons (Fsp3) is 0.500. The van der Waals surface area contributed by atoms with Crippen LogP contribution in [-0.2, 0) is 9.53 Å². The molecule has 1 aliphatic rings. The maximum absolute atomic E-state index is 12.1. The molecule has 5 heteroatoms. The molecule has 1 amide bonds. The lowest BCUT2D eigenvalue weighted by molar-refractivity contribution is -0.122. The van der Waals surface area contributed by atoms with Crippen LogP contribution in [0.15, 0.2) is 18.2 Å². The normalized spacial score (nSPS) is 15.9. The number of amides is 1. The quantitative estimate of drug-likeness (QED) is 0.905. The van der Waals surface area contributed by atoms with Crippen molar-refractivity contribution in [1.29, 1.82) is 0 Å². The van der Waals surface area contributed by atoms with Crippen molar-refractivity contribution < 1.29 is 19.0 Å². The topological polar surface area (TPSA) is 56.8 Å². The molecule has 0 unspecified atom stereocenters. The molecule has 0 atom stereocenters. The summed E-state index contributed by atoms with van der Waals surface area (Å²) in [5.74, 6) is 1.32. The van der Waals surface area contributed by atoms with Crippen LogP contribution in [0.2, 0.25) is 0 Å². The first-order valence-electron chi connectivity index (χ1n) is 6.35. The van der Waals surface area contributed by atoms with Gasteiger partial charge in [0.2, 0.25) is 5.91 Å². The number of ether oxygens (including phenoxy) is 3. The Hall–Kier alpha value is -1.75. The molecule has 19 heavy (non-hydrogen) atoms. The summed E-state index contributed by atoms with van der Waals surface area (Å²) >= 11 is 0. The van der Waals surface area contributed by atoms with E-state index in [1.165, 1.54) is 0 Å². The summed E-state index contributed by atoms with van der Waals surface area (Å²) in [7, 11) is 3.15. The van der Waals surface area contributed by atoms with E-state index in [2.05, 4.69) is 5.32 Å². The van der Waals surface area contributed by atoms with E-state index in [4.69, 9.17) is 14.2 Å². The minimum atomic E-state index is 0.0295. The Kier molecular flexibility index (Phi) is 4.63. The molecule has 2 rings (SSSR count). The summed E-state index contributed by atoms with van der Waals surface area (Å²) in [5.41, 5.74) is 0.717. The summed E-state index contributed by atoms with van der Waals surface area (Å²) in [6.45, 7) is 1.31. The second-order valence-corrected chi connectivity index (χ2v) is 4.45. The molecule has 0 spiro atoms. The third-order valence-electron chi connectivity index (χ3n) is 3.24. The molecule has 0 aliphatic carbocycles. The zero-order valence-corrected chi connectivity index (χ0v) is 11.3. The van der Waals surface area contributed by atoms with Gasteiger partial charge in [0.25, 0.3) is 0 Å². The van der Waals surface area contributed by atoms with Crippen molar-refractivity contribution in [2.75, 3.05) is 32.8 Å². The minimum Gasteiger partial charge on any atom is -0.493 e. The summed E-state index contributed by atoms with van der Waals surface area (Å²) in [4.78, 5) is 12.1. The minimum absolute atomic E-state index is 0.0295. The Bertz CT molecular complexity index is 441. The van der Waals surface area contributed by atoms with Crippen LogP contribution >= 0.6 is 0 Å². The molecule has 0 bridgehead atoms. The molecular formula is C14H19NO4. The molecule has 1 heterocycles. The van der Waals surface area contributed by atoms with Gasteiger partial charge in [-0.05, 0) is 25.0 Å². The second kappa shape index (κ2) is 6.43. The Morgan fingerprint density at radius 3 is 2.53 bits per heavy atom. The molecule has 0 aromatic heterocycles. The molecule has 0 radical (unpaired) electrons. The molecule has 1 fully saturated rings. The summed E-state index contributed by atoms with van der Waals surface area (Å²) < 4.78 is 15.6. The third kappa shape index (κ3) is 3.38.